The quantitative estimate of drug-likeness (QED) is 0.117. The van der Waals surface area contributed by atoms with Crippen molar-refractivity contribution in [3.63, 3.8) is 0 Å². The lowest BCUT2D eigenvalue weighted by Crippen LogP contribution is -2.31. The van der Waals surface area contributed by atoms with E-state index in [0.717, 1.165) is 25.7 Å². The molecule has 1 unspecified atom stereocenters. The molecule has 0 aromatic carbocycles. The molecule has 0 heterocycles. The van der Waals surface area contributed by atoms with Crippen molar-refractivity contribution in [2.45, 2.75) is 116 Å². The molecule has 0 bridgehead atoms. The molecule has 0 N–H and O–H groups in total. The maximum Gasteiger partial charge on any atom is 0.305 e. The number of carbonyl (C=O) groups is 1. The van der Waals surface area contributed by atoms with E-state index in [2.05, 4.69) is 43.5 Å². The van der Waals surface area contributed by atoms with Crippen LogP contribution in [0.5, 0.6) is 0 Å². The first-order valence-corrected chi connectivity index (χ1v) is 14.2. The van der Waals surface area contributed by atoms with Gasteiger partial charge in [-0.2, -0.15) is 0 Å². The van der Waals surface area contributed by atoms with Crippen LogP contribution in [0.1, 0.15) is 90.4 Å². The van der Waals surface area contributed by atoms with Crippen LogP contribution in [-0.4, -0.2) is 27.5 Å². The number of methoxy groups -OCH3 is 1. The molecule has 0 fully saturated rings. The number of allylic oxidation sites excluding steroid dienone is 1. The first-order chi connectivity index (χ1) is 12.4. The summed E-state index contributed by atoms with van der Waals surface area (Å²) in [6.07, 6.45) is 20.2. The number of esters is 1. The molecular formula is C22H44O3Si. The van der Waals surface area contributed by atoms with Crippen molar-refractivity contribution in [2.75, 3.05) is 7.11 Å². The number of carbonyl (C=O) groups excluding carboxylic acids is 1. The zero-order valence-corrected chi connectivity index (χ0v) is 19.1. The third-order valence-electron chi connectivity index (χ3n) is 4.43. The van der Waals surface area contributed by atoms with Crippen LogP contribution in [0.2, 0.25) is 19.6 Å². The normalized spacial score (nSPS) is 13.3. The minimum atomic E-state index is -1.50. The fraction of sp³-hybridized carbons (Fsp3) is 0.864. The number of unbranched alkanes of at least 4 members (excludes halogenated alkanes) is 9. The van der Waals surface area contributed by atoms with Crippen LogP contribution in [0.3, 0.4) is 0 Å². The average molecular weight is 385 g/mol. The summed E-state index contributed by atoms with van der Waals surface area (Å²) in [4.78, 5) is 11.1. The van der Waals surface area contributed by atoms with Crippen LogP contribution in [0.4, 0.5) is 0 Å². The van der Waals surface area contributed by atoms with Gasteiger partial charge in [-0.15, -0.1) is 0 Å². The Balaban J connectivity index is 3.94. The second-order valence-corrected chi connectivity index (χ2v) is 12.7. The molecule has 0 radical (unpaired) electrons. The Morgan fingerprint density at radius 2 is 1.54 bits per heavy atom. The molecular weight excluding hydrogens is 340 g/mol. The van der Waals surface area contributed by atoms with Crippen molar-refractivity contribution >= 4 is 14.3 Å². The maximum absolute atomic E-state index is 11.1. The number of hydrogen-bond donors (Lipinski definition) is 0. The van der Waals surface area contributed by atoms with Gasteiger partial charge in [0.1, 0.15) is 0 Å². The van der Waals surface area contributed by atoms with Gasteiger partial charge in [-0.3, -0.25) is 4.79 Å². The van der Waals surface area contributed by atoms with Gasteiger partial charge in [0.2, 0.25) is 0 Å². The Labute approximate surface area is 164 Å². The molecule has 154 valence electrons. The molecule has 0 aliphatic rings. The van der Waals surface area contributed by atoms with E-state index in [-0.39, 0.29) is 5.97 Å². The van der Waals surface area contributed by atoms with Crippen molar-refractivity contribution in [3.05, 3.63) is 12.2 Å². The average Bonchev–Trinajstić information content (AvgIpc) is 2.58. The minimum absolute atomic E-state index is 0.0917. The van der Waals surface area contributed by atoms with Crippen LogP contribution >= 0.6 is 0 Å². The highest BCUT2D eigenvalue weighted by molar-refractivity contribution is 6.69. The van der Waals surface area contributed by atoms with E-state index < -0.39 is 8.32 Å². The third kappa shape index (κ3) is 18.2. The summed E-state index contributed by atoms with van der Waals surface area (Å²) in [7, 11) is -0.0414. The predicted molar refractivity (Wildman–Crippen MR) is 115 cm³/mol. The highest BCUT2D eigenvalue weighted by atomic mass is 28.4. The van der Waals surface area contributed by atoms with Crippen LogP contribution < -0.4 is 0 Å². The molecule has 0 aliphatic carbocycles. The van der Waals surface area contributed by atoms with E-state index in [0.29, 0.717) is 12.5 Å². The Morgan fingerprint density at radius 3 is 2.19 bits per heavy atom. The van der Waals surface area contributed by atoms with Gasteiger partial charge in [0.25, 0.3) is 0 Å². The fourth-order valence-corrected chi connectivity index (χ4v) is 4.11. The molecule has 0 aliphatic heterocycles. The third-order valence-corrected chi connectivity index (χ3v) is 5.44. The molecule has 1 atom stereocenters. The Bertz CT molecular complexity index is 361. The van der Waals surface area contributed by atoms with Gasteiger partial charge < -0.3 is 9.16 Å². The molecule has 4 heteroatoms. The van der Waals surface area contributed by atoms with Crippen molar-refractivity contribution in [2.24, 2.45) is 0 Å². The lowest BCUT2D eigenvalue weighted by atomic mass is 10.1. The molecule has 0 aromatic heterocycles. The van der Waals surface area contributed by atoms with Gasteiger partial charge in [0.05, 0.1) is 13.2 Å². The summed E-state index contributed by atoms with van der Waals surface area (Å²) in [5.74, 6) is -0.0917. The summed E-state index contributed by atoms with van der Waals surface area (Å²) < 4.78 is 11.0. The van der Waals surface area contributed by atoms with E-state index in [1.54, 1.807) is 0 Å². The van der Waals surface area contributed by atoms with Crippen LogP contribution in [0.25, 0.3) is 0 Å². The van der Waals surface area contributed by atoms with Crippen molar-refractivity contribution < 1.29 is 14.0 Å². The lowest BCUT2D eigenvalue weighted by Gasteiger charge is -2.24. The molecule has 0 rings (SSSR count). The molecule has 0 saturated carbocycles. The first-order valence-electron chi connectivity index (χ1n) is 10.8. The molecule has 0 aromatic rings. The Kier molecular flexibility index (Phi) is 16.2. The number of ether oxygens (including phenoxy) is 1. The second-order valence-electron chi connectivity index (χ2n) is 8.28. The lowest BCUT2D eigenvalue weighted by molar-refractivity contribution is -0.140. The Hall–Kier alpha value is -0.613. The van der Waals surface area contributed by atoms with E-state index in [9.17, 15) is 4.79 Å². The summed E-state index contributed by atoms with van der Waals surface area (Å²) >= 11 is 0. The zero-order valence-electron chi connectivity index (χ0n) is 18.1. The van der Waals surface area contributed by atoms with E-state index >= 15 is 0 Å². The molecule has 0 spiro atoms. The van der Waals surface area contributed by atoms with Gasteiger partial charge in [-0.25, -0.2) is 0 Å². The molecule has 3 nitrogen and oxygen atoms in total. The SMILES string of the molecule is CCCCCCCCC(C=CCCCCCCC(=O)OC)O[Si](C)(C)C. The van der Waals surface area contributed by atoms with Crippen molar-refractivity contribution in [1.82, 2.24) is 0 Å². The highest BCUT2D eigenvalue weighted by Gasteiger charge is 2.19. The molecule has 0 amide bonds. The van der Waals surface area contributed by atoms with Crippen LogP contribution in [0, 0.1) is 0 Å². The summed E-state index contributed by atoms with van der Waals surface area (Å²) in [5.41, 5.74) is 0. The largest absolute Gasteiger partial charge is 0.469 e. The summed E-state index contributed by atoms with van der Waals surface area (Å²) in [6, 6.07) is 0. The Morgan fingerprint density at radius 1 is 0.923 bits per heavy atom. The summed E-state index contributed by atoms with van der Waals surface area (Å²) in [5, 5.41) is 0. The van der Waals surface area contributed by atoms with Crippen LogP contribution in [0.15, 0.2) is 12.2 Å². The molecule has 26 heavy (non-hydrogen) atoms. The van der Waals surface area contributed by atoms with E-state index in [1.807, 2.05) is 0 Å². The zero-order chi connectivity index (χ0) is 19.7. The van der Waals surface area contributed by atoms with Crippen molar-refractivity contribution in [1.29, 1.82) is 0 Å². The topological polar surface area (TPSA) is 35.5 Å². The first kappa shape index (κ1) is 25.4. The van der Waals surface area contributed by atoms with Gasteiger partial charge in [-0.1, -0.05) is 70.4 Å². The minimum Gasteiger partial charge on any atom is -0.469 e. The maximum atomic E-state index is 11.1. The highest BCUT2D eigenvalue weighted by Crippen LogP contribution is 2.16. The predicted octanol–water partition coefficient (Wildman–Crippen LogP) is 7.03. The van der Waals surface area contributed by atoms with Gasteiger partial charge in [0.15, 0.2) is 8.32 Å². The number of rotatable bonds is 17. The summed E-state index contributed by atoms with van der Waals surface area (Å²) in [6.45, 7) is 9.09. The fourth-order valence-electron chi connectivity index (χ4n) is 3.01. The smallest absolute Gasteiger partial charge is 0.305 e. The van der Waals surface area contributed by atoms with Gasteiger partial charge in [-0.05, 0) is 45.3 Å². The van der Waals surface area contributed by atoms with Crippen LogP contribution in [-0.2, 0) is 14.0 Å². The van der Waals surface area contributed by atoms with Crippen molar-refractivity contribution in [3.8, 4) is 0 Å². The van der Waals surface area contributed by atoms with Gasteiger partial charge in [0, 0.05) is 6.42 Å². The van der Waals surface area contributed by atoms with Gasteiger partial charge >= 0.3 is 5.97 Å². The van der Waals surface area contributed by atoms with E-state index in [4.69, 9.17) is 4.43 Å². The molecule has 0 saturated heterocycles. The number of hydrogen-bond acceptors (Lipinski definition) is 3. The standard InChI is InChI=1S/C22H44O3Si/c1-6-7-8-9-12-15-18-21(25-26(3,4)5)19-16-13-10-11-14-17-20-22(23)24-2/h16,19,21H,6-15,17-18,20H2,1-5H3. The second kappa shape index (κ2) is 16.6. The van der Waals surface area contributed by atoms with E-state index in [1.165, 1.54) is 58.5 Å². The monoisotopic (exact) mass is 384 g/mol.